The number of benzene rings is 2. The number of ether oxygens (including phenoxy) is 1. The maximum absolute atomic E-state index is 11.9. The molecule has 0 amide bonds. The van der Waals surface area contributed by atoms with E-state index in [9.17, 15) is 4.79 Å². The Hall–Kier alpha value is -1.32. The minimum Gasteiger partial charge on any atom is -0.485 e. The number of Topliss-reactive ketones (excluding diaryl/α,β-unsaturated/α-hetero) is 1. The number of carbonyl (C=O) groups excluding carboxylic acids is 1. The number of carbonyl (C=O) groups is 1. The quantitative estimate of drug-likeness (QED) is 0.757. The molecule has 0 radical (unpaired) electrons. The molecule has 0 atom stereocenters. The Kier molecular flexibility index (Phi) is 4.61. The van der Waals surface area contributed by atoms with Gasteiger partial charge in [0.15, 0.2) is 12.4 Å². The third kappa shape index (κ3) is 3.82. The van der Waals surface area contributed by atoms with Crippen LogP contribution in [0.5, 0.6) is 5.75 Å². The van der Waals surface area contributed by atoms with Crippen molar-refractivity contribution >= 4 is 33.3 Å². The highest BCUT2D eigenvalue weighted by molar-refractivity contribution is 9.10. The summed E-state index contributed by atoms with van der Waals surface area (Å²) in [5.74, 6) is 0.643. The number of hydrogen-bond donors (Lipinski definition) is 0. The van der Waals surface area contributed by atoms with Crippen LogP contribution in [0.1, 0.15) is 15.9 Å². The summed E-state index contributed by atoms with van der Waals surface area (Å²) in [5.41, 5.74) is 1.58. The van der Waals surface area contributed by atoms with E-state index >= 15 is 0 Å². The molecule has 2 nitrogen and oxygen atoms in total. The Morgan fingerprint density at radius 3 is 2.53 bits per heavy atom. The summed E-state index contributed by atoms with van der Waals surface area (Å²) in [6.07, 6.45) is 0. The van der Waals surface area contributed by atoms with Gasteiger partial charge in [0.2, 0.25) is 0 Å². The fourth-order valence-electron chi connectivity index (χ4n) is 1.64. The molecule has 2 rings (SSSR count). The van der Waals surface area contributed by atoms with Crippen molar-refractivity contribution in [2.45, 2.75) is 6.92 Å². The van der Waals surface area contributed by atoms with Crippen LogP contribution in [0.3, 0.4) is 0 Å². The molecule has 0 heterocycles. The van der Waals surface area contributed by atoms with Crippen molar-refractivity contribution in [1.82, 2.24) is 0 Å². The van der Waals surface area contributed by atoms with Crippen molar-refractivity contribution in [2.75, 3.05) is 6.61 Å². The topological polar surface area (TPSA) is 26.3 Å². The van der Waals surface area contributed by atoms with E-state index < -0.39 is 0 Å². The zero-order chi connectivity index (χ0) is 13.8. The number of hydrogen-bond acceptors (Lipinski definition) is 2. The van der Waals surface area contributed by atoms with Gasteiger partial charge < -0.3 is 4.74 Å². The molecule has 0 unspecified atom stereocenters. The van der Waals surface area contributed by atoms with E-state index in [1.54, 1.807) is 24.3 Å². The van der Waals surface area contributed by atoms with Crippen LogP contribution < -0.4 is 4.74 Å². The third-order valence-electron chi connectivity index (χ3n) is 2.66. The van der Waals surface area contributed by atoms with Gasteiger partial charge in [0, 0.05) is 15.1 Å². The van der Waals surface area contributed by atoms with Gasteiger partial charge in [-0.25, -0.2) is 0 Å². The van der Waals surface area contributed by atoms with Crippen LogP contribution >= 0.6 is 27.5 Å². The molecule has 0 aliphatic rings. The second kappa shape index (κ2) is 6.22. The molecule has 98 valence electrons. The minimum atomic E-state index is -0.0704. The number of aryl methyl sites for hydroxylation is 1. The van der Waals surface area contributed by atoms with Crippen molar-refractivity contribution in [1.29, 1.82) is 0 Å². The molecule has 0 saturated carbocycles. The lowest BCUT2D eigenvalue weighted by Crippen LogP contribution is -2.11. The zero-order valence-electron chi connectivity index (χ0n) is 10.3. The highest BCUT2D eigenvalue weighted by Crippen LogP contribution is 2.22. The average molecular weight is 340 g/mol. The SMILES string of the molecule is Cc1cc(Br)ccc1OCC(=O)c1ccc(Cl)cc1. The molecule has 19 heavy (non-hydrogen) atoms. The van der Waals surface area contributed by atoms with Crippen molar-refractivity contribution < 1.29 is 9.53 Å². The minimum absolute atomic E-state index is 0.0180. The van der Waals surface area contributed by atoms with Crippen molar-refractivity contribution in [3.8, 4) is 5.75 Å². The summed E-state index contributed by atoms with van der Waals surface area (Å²) < 4.78 is 6.52. The molecule has 0 saturated heterocycles. The Labute approximate surface area is 125 Å². The molecule has 0 fully saturated rings. The second-order valence-electron chi connectivity index (χ2n) is 4.13. The van der Waals surface area contributed by atoms with Gasteiger partial charge in [-0.05, 0) is 55.0 Å². The van der Waals surface area contributed by atoms with Gasteiger partial charge in [-0.1, -0.05) is 27.5 Å². The van der Waals surface area contributed by atoms with Crippen LogP contribution in [0.25, 0.3) is 0 Å². The number of halogens is 2. The lowest BCUT2D eigenvalue weighted by Gasteiger charge is -2.08. The second-order valence-corrected chi connectivity index (χ2v) is 5.48. The van der Waals surface area contributed by atoms with Crippen LogP contribution in [0.4, 0.5) is 0 Å². The zero-order valence-corrected chi connectivity index (χ0v) is 12.7. The predicted molar refractivity (Wildman–Crippen MR) is 80.2 cm³/mol. The molecule has 4 heteroatoms. The van der Waals surface area contributed by atoms with Gasteiger partial charge in [0.05, 0.1) is 0 Å². The summed E-state index contributed by atoms with van der Waals surface area (Å²) >= 11 is 9.16. The molecule has 0 aliphatic heterocycles. The van der Waals surface area contributed by atoms with Gasteiger partial charge in [-0.2, -0.15) is 0 Å². The van der Waals surface area contributed by atoms with Crippen LogP contribution in [0, 0.1) is 6.92 Å². The van der Waals surface area contributed by atoms with Crippen molar-refractivity contribution in [2.24, 2.45) is 0 Å². The van der Waals surface area contributed by atoms with Crippen LogP contribution in [-0.2, 0) is 0 Å². The van der Waals surface area contributed by atoms with Gasteiger partial charge >= 0.3 is 0 Å². The molecule has 0 N–H and O–H groups in total. The molecule has 2 aromatic rings. The largest absolute Gasteiger partial charge is 0.485 e. The standard InChI is InChI=1S/C15H12BrClO2/c1-10-8-12(16)4-7-15(10)19-9-14(18)11-2-5-13(17)6-3-11/h2-8H,9H2,1H3. The monoisotopic (exact) mass is 338 g/mol. The summed E-state index contributed by atoms with van der Waals surface area (Å²) in [4.78, 5) is 11.9. The smallest absolute Gasteiger partial charge is 0.200 e. The van der Waals surface area contributed by atoms with E-state index in [-0.39, 0.29) is 12.4 Å². The van der Waals surface area contributed by atoms with E-state index in [0.29, 0.717) is 16.3 Å². The first-order chi connectivity index (χ1) is 9.06. The fourth-order valence-corrected chi connectivity index (χ4v) is 2.24. The Balaban J connectivity index is 2.02. The van der Waals surface area contributed by atoms with Crippen LogP contribution in [0.15, 0.2) is 46.9 Å². The average Bonchev–Trinajstić information content (AvgIpc) is 2.38. The van der Waals surface area contributed by atoms with Gasteiger partial charge in [0.1, 0.15) is 5.75 Å². The Bertz CT molecular complexity index is 594. The summed E-state index contributed by atoms with van der Waals surface area (Å²) in [6.45, 7) is 1.96. The first-order valence-electron chi connectivity index (χ1n) is 5.74. The predicted octanol–water partition coefficient (Wildman–Crippen LogP) is 4.67. The van der Waals surface area contributed by atoms with Gasteiger partial charge in [-0.3, -0.25) is 4.79 Å². The van der Waals surface area contributed by atoms with Crippen molar-refractivity contribution in [3.63, 3.8) is 0 Å². The summed E-state index contributed by atoms with van der Waals surface area (Å²) in [7, 11) is 0. The number of ketones is 1. The van der Waals surface area contributed by atoms with Crippen molar-refractivity contribution in [3.05, 3.63) is 63.1 Å². The molecular weight excluding hydrogens is 328 g/mol. The van der Waals surface area contributed by atoms with E-state index in [0.717, 1.165) is 10.0 Å². The lowest BCUT2D eigenvalue weighted by molar-refractivity contribution is 0.0921. The number of rotatable bonds is 4. The third-order valence-corrected chi connectivity index (χ3v) is 3.41. The molecular formula is C15H12BrClO2. The summed E-state index contributed by atoms with van der Waals surface area (Å²) in [6, 6.07) is 12.5. The lowest BCUT2D eigenvalue weighted by atomic mass is 10.1. The Morgan fingerprint density at radius 2 is 1.89 bits per heavy atom. The molecule has 0 spiro atoms. The molecule has 0 aromatic heterocycles. The van der Waals surface area contributed by atoms with Crippen LogP contribution in [0.2, 0.25) is 5.02 Å². The molecule has 0 bridgehead atoms. The highest BCUT2D eigenvalue weighted by Gasteiger charge is 2.08. The molecule has 2 aromatic carbocycles. The normalized spacial score (nSPS) is 10.3. The first-order valence-corrected chi connectivity index (χ1v) is 6.91. The van der Waals surface area contributed by atoms with Gasteiger partial charge in [0.25, 0.3) is 0 Å². The molecule has 0 aliphatic carbocycles. The van der Waals surface area contributed by atoms with E-state index in [4.69, 9.17) is 16.3 Å². The van der Waals surface area contributed by atoms with Gasteiger partial charge in [-0.15, -0.1) is 0 Å². The van der Waals surface area contributed by atoms with Crippen LogP contribution in [-0.4, -0.2) is 12.4 Å². The highest BCUT2D eigenvalue weighted by atomic mass is 79.9. The Morgan fingerprint density at radius 1 is 1.21 bits per heavy atom. The van der Waals surface area contributed by atoms with E-state index in [1.165, 1.54) is 0 Å². The fraction of sp³-hybridized carbons (Fsp3) is 0.133. The summed E-state index contributed by atoms with van der Waals surface area (Å²) in [5, 5.41) is 0.612. The first kappa shape index (κ1) is 14.1. The maximum Gasteiger partial charge on any atom is 0.200 e. The maximum atomic E-state index is 11.9. The van der Waals surface area contributed by atoms with E-state index in [1.807, 2.05) is 25.1 Å². The van der Waals surface area contributed by atoms with E-state index in [2.05, 4.69) is 15.9 Å².